The zero-order chi connectivity index (χ0) is 16.5. The Labute approximate surface area is 139 Å². The molecule has 0 aliphatic carbocycles. The van der Waals surface area contributed by atoms with E-state index in [4.69, 9.17) is 4.74 Å². The predicted octanol–water partition coefficient (Wildman–Crippen LogP) is 4.49. The van der Waals surface area contributed by atoms with Crippen molar-refractivity contribution in [2.24, 2.45) is 4.99 Å². The molecule has 0 saturated carbocycles. The molecule has 0 N–H and O–H groups in total. The summed E-state index contributed by atoms with van der Waals surface area (Å²) in [6.45, 7) is 1.97. The van der Waals surface area contributed by atoms with Crippen LogP contribution in [0.1, 0.15) is 16.7 Å². The topological polar surface area (TPSA) is 38.7 Å². The molecule has 0 radical (unpaired) electrons. The molecule has 0 saturated heterocycles. The molecule has 3 aromatic carbocycles. The van der Waals surface area contributed by atoms with Crippen molar-refractivity contribution in [1.82, 2.24) is 0 Å². The standard InChI is InChI=1S/C21H15NO2/c1-14-7-2-4-11-17(14)20-22-19(21(23)24-20)13-16-10-6-9-15-8-3-5-12-18(15)16/h2-13H,1H3/b19-13+. The van der Waals surface area contributed by atoms with Gasteiger partial charge in [-0.25, -0.2) is 9.79 Å². The number of hydrogen-bond acceptors (Lipinski definition) is 3. The molecule has 3 heteroatoms. The van der Waals surface area contributed by atoms with Gasteiger partial charge in [-0.2, -0.15) is 0 Å². The normalized spacial score (nSPS) is 15.6. The van der Waals surface area contributed by atoms with E-state index in [0.29, 0.717) is 11.6 Å². The molecule has 4 rings (SSSR count). The molecule has 1 aliphatic heterocycles. The molecule has 1 heterocycles. The monoisotopic (exact) mass is 313 g/mol. The summed E-state index contributed by atoms with van der Waals surface area (Å²) in [6, 6.07) is 21.8. The summed E-state index contributed by atoms with van der Waals surface area (Å²) in [5.41, 5.74) is 3.14. The Morgan fingerprint density at radius 1 is 0.917 bits per heavy atom. The number of carbonyl (C=O) groups excluding carboxylic acids is 1. The summed E-state index contributed by atoms with van der Waals surface area (Å²) >= 11 is 0. The molecular weight excluding hydrogens is 298 g/mol. The number of fused-ring (bicyclic) bond motifs is 1. The van der Waals surface area contributed by atoms with Gasteiger partial charge in [0.05, 0.1) is 0 Å². The zero-order valence-corrected chi connectivity index (χ0v) is 13.2. The Balaban J connectivity index is 1.80. The largest absolute Gasteiger partial charge is 0.402 e. The maximum absolute atomic E-state index is 12.2. The first-order chi connectivity index (χ1) is 11.7. The minimum atomic E-state index is -0.416. The fourth-order valence-electron chi connectivity index (χ4n) is 2.86. The van der Waals surface area contributed by atoms with Crippen LogP contribution in [-0.4, -0.2) is 11.9 Å². The molecule has 0 aromatic heterocycles. The summed E-state index contributed by atoms with van der Waals surface area (Å²) in [4.78, 5) is 16.6. The summed E-state index contributed by atoms with van der Waals surface area (Å²) in [7, 11) is 0. The van der Waals surface area contributed by atoms with Gasteiger partial charge in [0.15, 0.2) is 5.70 Å². The van der Waals surface area contributed by atoms with Crippen LogP contribution in [0, 0.1) is 6.92 Å². The van der Waals surface area contributed by atoms with E-state index in [0.717, 1.165) is 27.5 Å². The molecule has 0 bridgehead atoms. The molecule has 24 heavy (non-hydrogen) atoms. The van der Waals surface area contributed by atoms with Gasteiger partial charge in [-0.05, 0) is 41.0 Å². The Kier molecular flexibility index (Phi) is 3.47. The zero-order valence-electron chi connectivity index (χ0n) is 13.2. The van der Waals surface area contributed by atoms with Crippen molar-refractivity contribution in [1.29, 1.82) is 0 Å². The molecule has 0 atom stereocenters. The number of cyclic esters (lactones) is 1. The van der Waals surface area contributed by atoms with E-state index in [2.05, 4.69) is 4.99 Å². The number of rotatable bonds is 2. The van der Waals surface area contributed by atoms with Crippen LogP contribution in [-0.2, 0) is 9.53 Å². The van der Waals surface area contributed by atoms with Crippen LogP contribution < -0.4 is 0 Å². The van der Waals surface area contributed by atoms with Crippen molar-refractivity contribution in [3.05, 3.63) is 89.1 Å². The highest BCUT2D eigenvalue weighted by Gasteiger charge is 2.25. The van der Waals surface area contributed by atoms with E-state index in [9.17, 15) is 4.79 Å². The molecule has 0 spiro atoms. The molecule has 0 fully saturated rings. The number of aryl methyl sites for hydroxylation is 1. The number of carbonyl (C=O) groups is 1. The quantitative estimate of drug-likeness (QED) is 0.516. The van der Waals surface area contributed by atoms with E-state index in [-0.39, 0.29) is 0 Å². The Bertz CT molecular complexity index is 1010. The summed E-state index contributed by atoms with van der Waals surface area (Å²) in [5.74, 6) is -0.0502. The van der Waals surface area contributed by atoms with Gasteiger partial charge < -0.3 is 4.74 Å². The van der Waals surface area contributed by atoms with Crippen molar-refractivity contribution >= 4 is 28.7 Å². The molecule has 116 valence electrons. The Morgan fingerprint density at radius 2 is 1.67 bits per heavy atom. The third-order valence-electron chi connectivity index (χ3n) is 4.11. The van der Waals surface area contributed by atoms with Crippen LogP contribution in [0.5, 0.6) is 0 Å². The third-order valence-corrected chi connectivity index (χ3v) is 4.11. The first kappa shape index (κ1) is 14.4. The summed E-state index contributed by atoms with van der Waals surface area (Å²) in [6.07, 6.45) is 1.79. The van der Waals surface area contributed by atoms with Gasteiger partial charge in [0.2, 0.25) is 5.90 Å². The van der Waals surface area contributed by atoms with E-state index in [1.54, 1.807) is 6.08 Å². The van der Waals surface area contributed by atoms with Crippen LogP contribution >= 0.6 is 0 Å². The summed E-state index contributed by atoms with van der Waals surface area (Å²) in [5, 5.41) is 2.21. The van der Waals surface area contributed by atoms with E-state index in [1.165, 1.54) is 0 Å². The maximum atomic E-state index is 12.2. The van der Waals surface area contributed by atoms with Crippen LogP contribution in [0.3, 0.4) is 0 Å². The fraction of sp³-hybridized carbons (Fsp3) is 0.0476. The van der Waals surface area contributed by atoms with Gasteiger partial charge in [0.1, 0.15) is 0 Å². The number of esters is 1. The van der Waals surface area contributed by atoms with Gasteiger partial charge >= 0.3 is 5.97 Å². The molecule has 3 aromatic rings. The van der Waals surface area contributed by atoms with Crippen molar-refractivity contribution in [2.45, 2.75) is 6.92 Å². The van der Waals surface area contributed by atoms with Crippen LogP contribution in [0.4, 0.5) is 0 Å². The average molecular weight is 313 g/mol. The molecule has 0 amide bonds. The number of nitrogens with zero attached hydrogens (tertiary/aromatic N) is 1. The Hall–Kier alpha value is -3.20. The van der Waals surface area contributed by atoms with Crippen LogP contribution in [0.25, 0.3) is 16.8 Å². The van der Waals surface area contributed by atoms with Crippen molar-refractivity contribution in [3.8, 4) is 0 Å². The van der Waals surface area contributed by atoms with E-state index in [1.807, 2.05) is 73.7 Å². The molecule has 3 nitrogen and oxygen atoms in total. The highest BCUT2D eigenvalue weighted by molar-refractivity contribution is 6.13. The lowest BCUT2D eigenvalue weighted by atomic mass is 10.0. The van der Waals surface area contributed by atoms with E-state index < -0.39 is 5.97 Å². The third kappa shape index (κ3) is 2.50. The number of aliphatic imine (C=N–C) groups is 1. The number of ether oxygens (including phenoxy) is 1. The van der Waals surface area contributed by atoms with Gasteiger partial charge in [-0.1, -0.05) is 60.7 Å². The fourth-order valence-corrected chi connectivity index (χ4v) is 2.86. The average Bonchev–Trinajstić information content (AvgIpc) is 2.96. The summed E-state index contributed by atoms with van der Waals surface area (Å²) < 4.78 is 5.37. The van der Waals surface area contributed by atoms with Gasteiger partial charge in [0.25, 0.3) is 0 Å². The predicted molar refractivity (Wildman–Crippen MR) is 95.7 cm³/mol. The molecule has 0 unspecified atom stereocenters. The lowest BCUT2D eigenvalue weighted by molar-refractivity contribution is -0.129. The second-order valence-electron chi connectivity index (χ2n) is 5.72. The van der Waals surface area contributed by atoms with Crippen LogP contribution in [0.2, 0.25) is 0 Å². The van der Waals surface area contributed by atoms with Gasteiger partial charge in [-0.15, -0.1) is 0 Å². The van der Waals surface area contributed by atoms with Crippen molar-refractivity contribution < 1.29 is 9.53 Å². The van der Waals surface area contributed by atoms with Crippen molar-refractivity contribution in [3.63, 3.8) is 0 Å². The first-order valence-corrected chi connectivity index (χ1v) is 7.79. The first-order valence-electron chi connectivity index (χ1n) is 7.79. The number of benzene rings is 3. The lowest BCUT2D eigenvalue weighted by Gasteiger charge is -2.02. The minimum absolute atomic E-state index is 0.324. The van der Waals surface area contributed by atoms with Gasteiger partial charge in [-0.3, -0.25) is 0 Å². The second-order valence-corrected chi connectivity index (χ2v) is 5.72. The lowest BCUT2D eigenvalue weighted by Crippen LogP contribution is -2.06. The van der Waals surface area contributed by atoms with Crippen LogP contribution in [0.15, 0.2) is 77.4 Å². The van der Waals surface area contributed by atoms with E-state index >= 15 is 0 Å². The van der Waals surface area contributed by atoms with Gasteiger partial charge in [0, 0.05) is 5.56 Å². The van der Waals surface area contributed by atoms with Crippen molar-refractivity contribution in [2.75, 3.05) is 0 Å². The minimum Gasteiger partial charge on any atom is -0.402 e. The maximum Gasteiger partial charge on any atom is 0.363 e. The molecular formula is C21H15NO2. The highest BCUT2D eigenvalue weighted by Crippen LogP contribution is 2.24. The number of hydrogen-bond donors (Lipinski definition) is 0. The molecule has 1 aliphatic rings. The second kappa shape index (κ2) is 5.78. The highest BCUT2D eigenvalue weighted by atomic mass is 16.6. The SMILES string of the molecule is Cc1ccccc1C1=N/C(=C/c2cccc3ccccc23)C(=O)O1. The smallest absolute Gasteiger partial charge is 0.363 e. The Morgan fingerprint density at radius 3 is 2.54 bits per heavy atom.